The molecular formula is C19H25N7OS2. The van der Waals surface area contributed by atoms with Crippen molar-refractivity contribution in [3.05, 3.63) is 40.9 Å². The Bertz CT molecular complexity index is 939. The summed E-state index contributed by atoms with van der Waals surface area (Å²) in [6.45, 7) is 6.01. The normalized spacial score (nSPS) is 12.3. The highest BCUT2D eigenvalue weighted by molar-refractivity contribution is 7.99. The first-order chi connectivity index (χ1) is 14.0. The van der Waals surface area contributed by atoms with Gasteiger partial charge in [0.2, 0.25) is 17.0 Å². The van der Waals surface area contributed by atoms with Crippen LogP contribution in [0.25, 0.3) is 0 Å². The van der Waals surface area contributed by atoms with E-state index in [1.54, 1.807) is 16.3 Å². The Morgan fingerprint density at radius 3 is 2.62 bits per heavy atom. The van der Waals surface area contributed by atoms with Gasteiger partial charge >= 0.3 is 0 Å². The van der Waals surface area contributed by atoms with Crippen molar-refractivity contribution < 1.29 is 4.79 Å². The Balaban J connectivity index is 1.69. The van der Waals surface area contributed by atoms with E-state index in [4.69, 9.17) is 5.73 Å². The average Bonchev–Trinajstić information content (AvgIpc) is 3.31. The fourth-order valence-electron chi connectivity index (χ4n) is 2.78. The van der Waals surface area contributed by atoms with Crippen LogP contribution in [0.1, 0.15) is 49.7 Å². The Hall–Kier alpha value is -2.46. The van der Waals surface area contributed by atoms with Crippen molar-refractivity contribution in [1.29, 1.82) is 0 Å². The third-order valence-electron chi connectivity index (χ3n) is 4.32. The van der Waals surface area contributed by atoms with Crippen LogP contribution < -0.4 is 11.1 Å². The van der Waals surface area contributed by atoms with Crippen molar-refractivity contribution in [2.45, 2.75) is 50.7 Å². The molecule has 0 spiro atoms. The predicted octanol–water partition coefficient (Wildman–Crippen LogP) is 3.76. The first-order valence-electron chi connectivity index (χ1n) is 9.51. The second-order valence-corrected chi connectivity index (χ2v) is 8.88. The Kier molecular flexibility index (Phi) is 7.21. The zero-order valence-electron chi connectivity index (χ0n) is 16.7. The smallest absolute Gasteiger partial charge is 0.249 e. The quantitative estimate of drug-likeness (QED) is 0.496. The number of aryl methyl sites for hydroxylation is 1. The maximum Gasteiger partial charge on any atom is 0.249 e. The number of carbonyl (C=O) groups excluding carboxylic acids is 1. The molecule has 1 amide bonds. The van der Waals surface area contributed by atoms with E-state index in [9.17, 15) is 4.79 Å². The number of benzene rings is 1. The molecule has 2 heterocycles. The van der Waals surface area contributed by atoms with Crippen molar-refractivity contribution in [3.8, 4) is 0 Å². The molecule has 0 saturated carbocycles. The van der Waals surface area contributed by atoms with Gasteiger partial charge in [0.25, 0.3) is 0 Å². The van der Waals surface area contributed by atoms with Crippen LogP contribution in [0.2, 0.25) is 0 Å². The molecule has 29 heavy (non-hydrogen) atoms. The van der Waals surface area contributed by atoms with Gasteiger partial charge in [-0.15, -0.1) is 20.4 Å². The van der Waals surface area contributed by atoms with E-state index in [0.29, 0.717) is 16.7 Å². The van der Waals surface area contributed by atoms with E-state index in [0.717, 1.165) is 17.2 Å². The number of nitrogens with zero attached hydrogens (tertiary/aromatic N) is 5. The first kappa shape index (κ1) is 21.3. The van der Waals surface area contributed by atoms with Crippen LogP contribution in [-0.2, 0) is 11.2 Å². The van der Waals surface area contributed by atoms with Crippen LogP contribution in [0.15, 0.2) is 35.5 Å². The first-order valence-corrected chi connectivity index (χ1v) is 11.3. The largest absolute Gasteiger partial charge is 0.368 e. The van der Waals surface area contributed by atoms with Crippen LogP contribution >= 0.6 is 23.1 Å². The van der Waals surface area contributed by atoms with Crippen molar-refractivity contribution in [2.24, 2.45) is 0 Å². The maximum atomic E-state index is 12.9. The molecule has 0 saturated heterocycles. The molecule has 1 unspecified atom stereocenters. The summed E-state index contributed by atoms with van der Waals surface area (Å²) in [7, 11) is 0. The average molecular weight is 432 g/mol. The van der Waals surface area contributed by atoms with Gasteiger partial charge in [-0.25, -0.2) is 0 Å². The van der Waals surface area contributed by atoms with Crippen molar-refractivity contribution in [2.75, 3.05) is 16.8 Å². The number of thioether (sulfide) groups is 1. The van der Waals surface area contributed by atoms with Gasteiger partial charge in [-0.2, -0.15) is 0 Å². The van der Waals surface area contributed by atoms with Crippen LogP contribution in [0.3, 0.4) is 0 Å². The lowest BCUT2D eigenvalue weighted by Crippen LogP contribution is -2.27. The van der Waals surface area contributed by atoms with Gasteiger partial charge in [0.05, 0.1) is 0 Å². The number of rotatable bonds is 9. The number of aromatic nitrogens is 5. The number of hydrogen-bond donors (Lipinski definition) is 2. The van der Waals surface area contributed by atoms with Gasteiger partial charge in [-0.3, -0.25) is 14.7 Å². The molecule has 1 aromatic carbocycles. The van der Waals surface area contributed by atoms with E-state index in [1.165, 1.54) is 16.9 Å². The highest BCUT2D eigenvalue weighted by atomic mass is 32.2. The van der Waals surface area contributed by atoms with Crippen LogP contribution in [0.4, 0.5) is 11.1 Å². The molecule has 1 atom stereocenters. The highest BCUT2D eigenvalue weighted by Gasteiger charge is 2.26. The predicted molar refractivity (Wildman–Crippen MR) is 117 cm³/mol. The number of amides is 1. The third-order valence-corrected chi connectivity index (χ3v) is 6.41. The summed E-state index contributed by atoms with van der Waals surface area (Å²) in [5, 5.41) is 21.2. The molecule has 0 aliphatic rings. The molecule has 0 radical (unpaired) electrons. The second kappa shape index (κ2) is 9.84. The number of nitrogens with one attached hydrogen (secondary N) is 1. The van der Waals surface area contributed by atoms with Gasteiger partial charge in [-0.05, 0) is 18.4 Å². The minimum atomic E-state index is -0.518. The van der Waals surface area contributed by atoms with Gasteiger partial charge in [-0.1, -0.05) is 74.2 Å². The Morgan fingerprint density at radius 1 is 1.21 bits per heavy atom. The molecule has 0 aliphatic carbocycles. The minimum Gasteiger partial charge on any atom is -0.368 e. The van der Waals surface area contributed by atoms with Crippen LogP contribution in [-0.4, -0.2) is 36.6 Å². The van der Waals surface area contributed by atoms with E-state index in [-0.39, 0.29) is 17.8 Å². The summed E-state index contributed by atoms with van der Waals surface area (Å²) >= 11 is 2.93. The fraction of sp³-hybridized carbons (Fsp3) is 0.421. The summed E-state index contributed by atoms with van der Waals surface area (Å²) < 4.78 is 1.70. The monoisotopic (exact) mass is 431 g/mol. The lowest BCUT2D eigenvalue weighted by molar-refractivity contribution is -0.119. The molecule has 0 aliphatic heterocycles. The Morgan fingerprint density at radius 2 is 1.97 bits per heavy atom. The minimum absolute atomic E-state index is 0.199. The number of nitrogens with two attached hydrogens (primary N) is 1. The zero-order valence-corrected chi connectivity index (χ0v) is 18.3. The highest BCUT2D eigenvalue weighted by Crippen LogP contribution is 2.28. The topological polar surface area (TPSA) is 112 Å². The SMILES string of the molecule is CCC(C(=O)Nc1nnc(C(C)C)s1)n1c(N)nnc1SCCc1ccccc1. The number of nitrogen functional groups attached to an aromatic ring is 1. The van der Waals surface area contributed by atoms with Crippen molar-refractivity contribution >= 4 is 40.1 Å². The summed E-state index contributed by atoms with van der Waals surface area (Å²) in [5.41, 5.74) is 7.30. The summed E-state index contributed by atoms with van der Waals surface area (Å²) in [4.78, 5) is 12.9. The third kappa shape index (κ3) is 5.33. The summed E-state index contributed by atoms with van der Waals surface area (Å²) in [5.74, 6) is 1.11. The van der Waals surface area contributed by atoms with Crippen molar-refractivity contribution in [3.63, 3.8) is 0 Å². The van der Waals surface area contributed by atoms with Gasteiger partial charge in [0.15, 0.2) is 5.16 Å². The molecule has 0 fully saturated rings. The van der Waals surface area contributed by atoms with E-state index in [1.807, 2.05) is 39.0 Å². The standard InChI is InChI=1S/C19H25N7OS2/c1-4-14(15(27)21-18-24-22-16(29-18)12(2)3)26-17(20)23-25-19(26)28-11-10-13-8-6-5-7-9-13/h5-9,12,14H,4,10-11H2,1-3H3,(H2,20,23)(H,21,24,27). The lowest BCUT2D eigenvalue weighted by Gasteiger charge is -2.18. The molecule has 0 bridgehead atoms. The molecule has 154 valence electrons. The Labute approximate surface area is 178 Å². The molecule has 3 rings (SSSR count). The molecule has 8 nitrogen and oxygen atoms in total. The van der Waals surface area contributed by atoms with Crippen LogP contribution in [0, 0.1) is 0 Å². The van der Waals surface area contributed by atoms with Gasteiger partial charge < -0.3 is 5.73 Å². The molecular weight excluding hydrogens is 406 g/mol. The van der Waals surface area contributed by atoms with E-state index in [2.05, 4.69) is 37.8 Å². The second-order valence-electron chi connectivity index (χ2n) is 6.81. The number of hydrogen-bond acceptors (Lipinski definition) is 8. The van der Waals surface area contributed by atoms with Gasteiger partial charge in [0, 0.05) is 11.7 Å². The maximum absolute atomic E-state index is 12.9. The van der Waals surface area contributed by atoms with Crippen LogP contribution in [0.5, 0.6) is 0 Å². The summed E-state index contributed by atoms with van der Waals surface area (Å²) in [6.07, 6.45) is 1.44. The zero-order chi connectivity index (χ0) is 20.8. The van der Waals surface area contributed by atoms with Gasteiger partial charge in [0.1, 0.15) is 11.0 Å². The molecule has 2 aromatic heterocycles. The number of carbonyl (C=O) groups is 1. The van der Waals surface area contributed by atoms with E-state index < -0.39 is 6.04 Å². The molecule has 3 N–H and O–H groups in total. The fourth-order valence-corrected chi connectivity index (χ4v) is 4.50. The summed E-state index contributed by atoms with van der Waals surface area (Å²) in [6, 6.07) is 9.72. The lowest BCUT2D eigenvalue weighted by atomic mass is 10.2. The van der Waals surface area contributed by atoms with E-state index >= 15 is 0 Å². The molecule has 10 heteroatoms. The van der Waals surface area contributed by atoms with Crippen molar-refractivity contribution in [1.82, 2.24) is 25.0 Å². The number of anilines is 2. The molecule has 3 aromatic rings.